The van der Waals surface area contributed by atoms with Crippen molar-refractivity contribution in [2.75, 3.05) is 11.4 Å². The van der Waals surface area contributed by atoms with Crippen molar-refractivity contribution in [3.63, 3.8) is 0 Å². The van der Waals surface area contributed by atoms with Crippen molar-refractivity contribution in [2.24, 2.45) is 0 Å². The van der Waals surface area contributed by atoms with E-state index < -0.39 is 5.72 Å². The summed E-state index contributed by atoms with van der Waals surface area (Å²) in [6.45, 7) is 2.79. The Bertz CT molecular complexity index is 1620. The summed E-state index contributed by atoms with van der Waals surface area (Å²) in [6, 6.07) is 19.1. The number of benzene rings is 3. The molecule has 3 amide bonds. The number of hydrogen-bond acceptors (Lipinski definition) is 4. The summed E-state index contributed by atoms with van der Waals surface area (Å²) in [5.41, 5.74) is 4.84. The van der Waals surface area contributed by atoms with Gasteiger partial charge < -0.3 is 19.4 Å². The molecule has 4 aromatic rings. The zero-order valence-corrected chi connectivity index (χ0v) is 21.3. The highest BCUT2D eigenvalue weighted by atomic mass is 19.1. The van der Waals surface area contributed by atoms with E-state index in [0.717, 1.165) is 27.8 Å². The molecule has 7 rings (SSSR count). The van der Waals surface area contributed by atoms with Crippen LogP contribution in [0.2, 0.25) is 0 Å². The number of amides is 3. The predicted molar refractivity (Wildman–Crippen MR) is 143 cm³/mol. The van der Waals surface area contributed by atoms with E-state index in [9.17, 15) is 14.0 Å². The van der Waals surface area contributed by atoms with Crippen molar-refractivity contribution in [1.82, 2.24) is 10.2 Å². The fourth-order valence-corrected chi connectivity index (χ4v) is 6.03. The Hall–Kier alpha value is -4.59. The molecule has 3 aliphatic rings. The van der Waals surface area contributed by atoms with Crippen LogP contribution >= 0.6 is 0 Å². The lowest BCUT2D eigenvalue weighted by atomic mass is 9.88. The molecule has 39 heavy (non-hydrogen) atoms. The smallest absolute Gasteiger partial charge is 0.325 e. The van der Waals surface area contributed by atoms with Crippen molar-refractivity contribution in [2.45, 2.75) is 38.1 Å². The molecule has 196 valence electrons. The number of nitrogens with one attached hydrogen (secondary N) is 1. The minimum absolute atomic E-state index is 0.158. The van der Waals surface area contributed by atoms with Crippen LogP contribution in [0.3, 0.4) is 0 Å². The van der Waals surface area contributed by atoms with E-state index in [4.69, 9.17) is 9.15 Å². The van der Waals surface area contributed by atoms with Gasteiger partial charge in [0.25, 0.3) is 5.91 Å². The third-order valence-electron chi connectivity index (χ3n) is 7.95. The average molecular weight is 524 g/mol. The summed E-state index contributed by atoms with van der Waals surface area (Å²) < 4.78 is 25.5. The second-order valence-electron chi connectivity index (χ2n) is 10.5. The van der Waals surface area contributed by atoms with Gasteiger partial charge in [-0.05, 0) is 78.6 Å². The first-order chi connectivity index (χ1) is 18.9. The molecule has 2 bridgehead atoms. The van der Waals surface area contributed by atoms with Gasteiger partial charge >= 0.3 is 6.03 Å². The monoisotopic (exact) mass is 523 g/mol. The Kier molecular flexibility index (Phi) is 5.26. The van der Waals surface area contributed by atoms with Gasteiger partial charge in [-0.25, -0.2) is 9.18 Å². The predicted octanol–water partition coefficient (Wildman–Crippen LogP) is 6.05. The summed E-state index contributed by atoms with van der Waals surface area (Å²) in [5, 5.41) is 3.13. The number of fused-ring (bicyclic) bond motifs is 5. The van der Waals surface area contributed by atoms with Crippen LogP contribution < -0.4 is 15.0 Å². The maximum absolute atomic E-state index is 13.8. The number of carbonyl (C=O) groups is 2. The number of halogens is 1. The number of anilines is 1. The topological polar surface area (TPSA) is 75.0 Å². The fourth-order valence-electron chi connectivity index (χ4n) is 6.03. The minimum Gasteiger partial charge on any atom is -0.472 e. The van der Waals surface area contributed by atoms with Crippen molar-refractivity contribution < 1.29 is 23.1 Å². The highest BCUT2D eigenvalue weighted by Gasteiger charge is 2.50. The highest BCUT2D eigenvalue weighted by Crippen LogP contribution is 2.46. The molecule has 0 spiro atoms. The Morgan fingerprint density at radius 2 is 1.95 bits per heavy atom. The molecule has 0 radical (unpaired) electrons. The summed E-state index contributed by atoms with van der Waals surface area (Å²) in [6.07, 6.45) is 4.52. The molecule has 2 unspecified atom stereocenters. The van der Waals surface area contributed by atoms with Gasteiger partial charge in [-0.2, -0.15) is 0 Å². The van der Waals surface area contributed by atoms with Crippen molar-refractivity contribution in [1.29, 1.82) is 0 Å². The van der Waals surface area contributed by atoms with Gasteiger partial charge in [0.15, 0.2) is 5.72 Å². The van der Waals surface area contributed by atoms with Crippen LogP contribution in [0.15, 0.2) is 83.7 Å². The molecule has 0 saturated carbocycles. The quantitative estimate of drug-likeness (QED) is 0.355. The molecule has 2 atom stereocenters. The van der Waals surface area contributed by atoms with Crippen molar-refractivity contribution in [3.8, 4) is 16.9 Å². The van der Waals surface area contributed by atoms with E-state index in [0.29, 0.717) is 42.9 Å². The zero-order valence-electron chi connectivity index (χ0n) is 21.3. The van der Waals surface area contributed by atoms with Gasteiger partial charge in [-0.1, -0.05) is 18.2 Å². The number of furan rings is 1. The molecule has 8 heteroatoms. The van der Waals surface area contributed by atoms with Gasteiger partial charge in [-0.3, -0.25) is 9.69 Å². The molecule has 0 aliphatic carbocycles. The maximum atomic E-state index is 13.8. The Morgan fingerprint density at radius 3 is 2.79 bits per heavy atom. The third kappa shape index (κ3) is 3.94. The number of carbonyl (C=O) groups excluding carboxylic acids is 2. The first kappa shape index (κ1) is 23.5. The Labute approximate surface area is 224 Å². The lowest BCUT2D eigenvalue weighted by Crippen LogP contribution is -2.65. The molecule has 1 N–H and O–H groups in total. The number of ether oxygens (including phenoxy) is 1. The van der Waals surface area contributed by atoms with Gasteiger partial charge in [0.1, 0.15) is 11.6 Å². The van der Waals surface area contributed by atoms with E-state index in [1.165, 1.54) is 12.1 Å². The zero-order chi connectivity index (χ0) is 26.7. The van der Waals surface area contributed by atoms with E-state index in [2.05, 4.69) is 5.32 Å². The van der Waals surface area contributed by atoms with Crippen molar-refractivity contribution >= 4 is 17.6 Å². The summed E-state index contributed by atoms with van der Waals surface area (Å²) in [4.78, 5) is 30.3. The number of rotatable bonds is 3. The molecule has 3 aromatic carbocycles. The Morgan fingerprint density at radius 1 is 1.05 bits per heavy atom. The summed E-state index contributed by atoms with van der Waals surface area (Å²) in [7, 11) is 0. The lowest BCUT2D eigenvalue weighted by molar-refractivity contribution is 0.0378. The molecule has 1 aromatic heterocycles. The van der Waals surface area contributed by atoms with E-state index in [1.807, 2.05) is 37.3 Å². The van der Waals surface area contributed by atoms with Gasteiger partial charge in [-0.15, -0.1) is 0 Å². The minimum atomic E-state index is -0.944. The molecule has 1 fully saturated rings. The average Bonchev–Trinajstić information content (AvgIpc) is 3.47. The number of urea groups is 1. The third-order valence-corrected chi connectivity index (χ3v) is 7.95. The number of hydrogen-bond donors (Lipinski definition) is 1. The standard InChI is InChI=1S/C31H26FN3O4/c1-31-16-27(26-15-20(6-8-28(26)39-31)22-10-12-38-18-22)33-30(37)35(31)25-4-2-3-21(14-25)29(36)34-11-9-19-5-7-24(32)13-23(19)17-34/h2-8,10,12-15,18,27H,9,11,16-17H2,1H3,(H,33,37). The van der Waals surface area contributed by atoms with Crippen LogP contribution in [0.1, 0.15) is 46.4 Å². The van der Waals surface area contributed by atoms with Crippen LogP contribution in [-0.2, 0) is 13.0 Å². The van der Waals surface area contributed by atoms with Gasteiger partial charge in [0.05, 0.1) is 24.3 Å². The molecule has 3 aliphatic heterocycles. The van der Waals surface area contributed by atoms with Gasteiger partial charge in [0, 0.05) is 36.2 Å². The molecular formula is C31H26FN3O4. The Balaban J connectivity index is 1.17. The molecule has 1 saturated heterocycles. The van der Waals surface area contributed by atoms with Gasteiger partial charge in [0.2, 0.25) is 0 Å². The SMILES string of the molecule is CC12CC(NC(=O)N1c1cccc(C(=O)N3CCc4ccc(F)cc4C3)c1)c1cc(-c3ccoc3)ccc1O2. The largest absolute Gasteiger partial charge is 0.472 e. The van der Waals surface area contributed by atoms with Crippen LogP contribution in [0, 0.1) is 5.82 Å². The van der Waals surface area contributed by atoms with Crippen LogP contribution in [0.25, 0.3) is 11.1 Å². The first-order valence-corrected chi connectivity index (χ1v) is 13.0. The maximum Gasteiger partial charge on any atom is 0.325 e. The van der Waals surface area contributed by atoms with E-state index in [-0.39, 0.29) is 23.8 Å². The van der Waals surface area contributed by atoms with Crippen LogP contribution in [0.5, 0.6) is 5.75 Å². The lowest BCUT2D eigenvalue weighted by Gasteiger charge is -2.50. The van der Waals surface area contributed by atoms with E-state index >= 15 is 0 Å². The summed E-state index contributed by atoms with van der Waals surface area (Å²) >= 11 is 0. The number of nitrogens with zero attached hydrogens (tertiary/aromatic N) is 2. The molecule has 7 nitrogen and oxygen atoms in total. The van der Waals surface area contributed by atoms with Crippen molar-refractivity contribution in [3.05, 3.63) is 107 Å². The molecular weight excluding hydrogens is 497 g/mol. The normalized spacial score (nSPS) is 21.5. The van der Waals surface area contributed by atoms with E-state index in [1.54, 1.807) is 46.6 Å². The highest BCUT2D eigenvalue weighted by molar-refractivity contribution is 5.99. The second-order valence-corrected chi connectivity index (χ2v) is 10.5. The first-order valence-electron chi connectivity index (χ1n) is 13.0. The van der Waals surface area contributed by atoms with Crippen LogP contribution in [0.4, 0.5) is 14.9 Å². The molecule has 4 heterocycles. The summed E-state index contributed by atoms with van der Waals surface area (Å²) in [5.74, 6) is 0.241. The second kappa shape index (κ2) is 8.73. The van der Waals surface area contributed by atoms with Crippen LogP contribution in [-0.4, -0.2) is 29.1 Å². The fraction of sp³-hybridized carbons (Fsp3) is 0.226.